The molecule has 0 radical (unpaired) electrons. The van der Waals surface area contributed by atoms with E-state index in [2.05, 4.69) is 12.2 Å². The van der Waals surface area contributed by atoms with Crippen molar-refractivity contribution in [3.05, 3.63) is 35.6 Å². The smallest absolute Gasteiger partial charge is 0.126 e. The molecule has 84 valence electrons. The Morgan fingerprint density at radius 1 is 1.33 bits per heavy atom. The van der Waals surface area contributed by atoms with E-state index in [1.54, 1.807) is 6.07 Å². The number of halogens is 1. The molecule has 0 aromatic heterocycles. The van der Waals surface area contributed by atoms with Gasteiger partial charge in [0.2, 0.25) is 0 Å². The first-order chi connectivity index (χ1) is 7.27. The SMILES string of the molecule is CCCC(CNC)Cc1ccccc1F. The first-order valence-corrected chi connectivity index (χ1v) is 5.66. The van der Waals surface area contributed by atoms with Crippen LogP contribution in [0.5, 0.6) is 0 Å². The van der Waals surface area contributed by atoms with E-state index in [1.807, 2.05) is 19.2 Å². The lowest BCUT2D eigenvalue weighted by atomic mass is 9.95. The molecular formula is C13H20FN. The molecule has 0 heterocycles. The third-order valence-electron chi connectivity index (χ3n) is 2.66. The van der Waals surface area contributed by atoms with Gasteiger partial charge in [0.15, 0.2) is 0 Å². The summed E-state index contributed by atoms with van der Waals surface area (Å²) < 4.78 is 13.4. The van der Waals surface area contributed by atoms with E-state index in [0.29, 0.717) is 5.92 Å². The van der Waals surface area contributed by atoms with Gasteiger partial charge in [0.05, 0.1) is 0 Å². The minimum Gasteiger partial charge on any atom is -0.319 e. The number of rotatable bonds is 6. The molecule has 2 heteroatoms. The zero-order valence-electron chi connectivity index (χ0n) is 9.59. The van der Waals surface area contributed by atoms with Crippen LogP contribution in [-0.2, 0) is 6.42 Å². The maximum Gasteiger partial charge on any atom is 0.126 e. The largest absolute Gasteiger partial charge is 0.319 e. The zero-order valence-corrected chi connectivity index (χ0v) is 9.59. The molecule has 0 saturated heterocycles. The van der Waals surface area contributed by atoms with E-state index >= 15 is 0 Å². The van der Waals surface area contributed by atoms with Gasteiger partial charge in [-0.15, -0.1) is 0 Å². The normalized spacial score (nSPS) is 12.7. The summed E-state index contributed by atoms with van der Waals surface area (Å²) in [5.41, 5.74) is 0.839. The molecular weight excluding hydrogens is 189 g/mol. The molecule has 1 nitrogen and oxygen atoms in total. The Morgan fingerprint density at radius 3 is 2.67 bits per heavy atom. The van der Waals surface area contributed by atoms with E-state index in [0.717, 1.165) is 31.4 Å². The second kappa shape index (κ2) is 6.57. The molecule has 1 unspecified atom stereocenters. The van der Waals surface area contributed by atoms with E-state index in [9.17, 15) is 4.39 Å². The van der Waals surface area contributed by atoms with Crippen molar-refractivity contribution < 1.29 is 4.39 Å². The molecule has 1 aromatic carbocycles. The van der Waals surface area contributed by atoms with Gasteiger partial charge in [0.1, 0.15) is 5.82 Å². The average molecular weight is 209 g/mol. The van der Waals surface area contributed by atoms with Gasteiger partial charge in [-0.1, -0.05) is 31.5 Å². The van der Waals surface area contributed by atoms with Crippen LogP contribution < -0.4 is 5.32 Å². The third kappa shape index (κ3) is 4.00. The summed E-state index contributed by atoms with van der Waals surface area (Å²) in [6.07, 6.45) is 3.14. The van der Waals surface area contributed by atoms with Crippen LogP contribution in [0, 0.1) is 11.7 Å². The molecule has 0 amide bonds. The first kappa shape index (κ1) is 12.2. The van der Waals surface area contributed by atoms with Crippen LogP contribution in [0.4, 0.5) is 4.39 Å². The molecule has 1 rings (SSSR count). The Labute approximate surface area is 91.7 Å². The number of benzene rings is 1. The summed E-state index contributed by atoms with van der Waals surface area (Å²) in [6.45, 7) is 3.13. The van der Waals surface area contributed by atoms with Gasteiger partial charge in [-0.05, 0) is 44.0 Å². The van der Waals surface area contributed by atoms with Crippen molar-refractivity contribution >= 4 is 0 Å². The highest BCUT2D eigenvalue weighted by Crippen LogP contribution is 2.16. The summed E-state index contributed by atoms with van der Waals surface area (Å²) in [5, 5.41) is 3.17. The first-order valence-electron chi connectivity index (χ1n) is 5.66. The van der Waals surface area contributed by atoms with Gasteiger partial charge >= 0.3 is 0 Å². The molecule has 0 saturated carbocycles. The van der Waals surface area contributed by atoms with Crippen LogP contribution in [0.1, 0.15) is 25.3 Å². The van der Waals surface area contributed by atoms with Crippen molar-refractivity contribution in [1.82, 2.24) is 5.32 Å². The second-order valence-corrected chi connectivity index (χ2v) is 4.01. The van der Waals surface area contributed by atoms with Gasteiger partial charge in [-0.2, -0.15) is 0 Å². The fourth-order valence-electron chi connectivity index (χ4n) is 1.95. The molecule has 0 aliphatic heterocycles. The third-order valence-corrected chi connectivity index (χ3v) is 2.66. The fourth-order valence-corrected chi connectivity index (χ4v) is 1.95. The quantitative estimate of drug-likeness (QED) is 0.759. The van der Waals surface area contributed by atoms with E-state index in [-0.39, 0.29) is 5.82 Å². The second-order valence-electron chi connectivity index (χ2n) is 4.01. The molecule has 0 spiro atoms. The molecule has 0 fully saturated rings. The topological polar surface area (TPSA) is 12.0 Å². The molecule has 1 aromatic rings. The van der Waals surface area contributed by atoms with Crippen LogP contribution in [0.3, 0.4) is 0 Å². The Balaban J connectivity index is 2.60. The van der Waals surface area contributed by atoms with Crippen LogP contribution in [0.2, 0.25) is 0 Å². The lowest BCUT2D eigenvalue weighted by molar-refractivity contribution is 0.446. The molecule has 0 aliphatic rings. The van der Waals surface area contributed by atoms with Crippen LogP contribution in [0.25, 0.3) is 0 Å². The minimum atomic E-state index is -0.0743. The molecule has 15 heavy (non-hydrogen) atoms. The van der Waals surface area contributed by atoms with E-state index in [1.165, 1.54) is 6.07 Å². The Hall–Kier alpha value is -0.890. The molecule has 1 N–H and O–H groups in total. The van der Waals surface area contributed by atoms with Crippen molar-refractivity contribution in [2.75, 3.05) is 13.6 Å². The van der Waals surface area contributed by atoms with Crippen molar-refractivity contribution in [2.24, 2.45) is 5.92 Å². The minimum absolute atomic E-state index is 0.0743. The highest BCUT2D eigenvalue weighted by atomic mass is 19.1. The maximum atomic E-state index is 13.4. The predicted octanol–water partition coefficient (Wildman–Crippen LogP) is 3.00. The molecule has 0 bridgehead atoms. The van der Waals surface area contributed by atoms with Crippen molar-refractivity contribution in [1.29, 1.82) is 0 Å². The van der Waals surface area contributed by atoms with Gasteiger partial charge in [-0.3, -0.25) is 0 Å². The van der Waals surface area contributed by atoms with E-state index < -0.39 is 0 Å². The van der Waals surface area contributed by atoms with Gasteiger partial charge in [-0.25, -0.2) is 4.39 Å². The van der Waals surface area contributed by atoms with Crippen LogP contribution in [0.15, 0.2) is 24.3 Å². The van der Waals surface area contributed by atoms with Crippen molar-refractivity contribution in [2.45, 2.75) is 26.2 Å². The fraction of sp³-hybridized carbons (Fsp3) is 0.538. The molecule has 1 atom stereocenters. The molecule has 0 aliphatic carbocycles. The lowest BCUT2D eigenvalue weighted by Crippen LogP contribution is -2.21. The van der Waals surface area contributed by atoms with Crippen molar-refractivity contribution in [3.8, 4) is 0 Å². The van der Waals surface area contributed by atoms with Gasteiger partial charge < -0.3 is 5.32 Å². The standard InChI is InChI=1S/C13H20FN/c1-3-6-11(10-15-2)9-12-7-4-5-8-13(12)14/h4-5,7-8,11,15H,3,6,9-10H2,1-2H3. The van der Waals surface area contributed by atoms with E-state index in [4.69, 9.17) is 0 Å². The summed E-state index contributed by atoms with van der Waals surface area (Å²) in [7, 11) is 1.95. The number of nitrogens with one attached hydrogen (secondary N) is 1. The Morgan fingerprint density at radius 2 is 2.07 bits per heavy atom. The summed E-state index contributed by atoms with van der Waals surface area (Å²) in [4.78, 5) is 0. The van der Waals surface area contributed by atoms with Crippen LogP contribution in [-0.4, -0.2) is 13.6 Å². The number of hydrogen-bond acceptors (Lipinski definition) is 1. The highest BCUT2D eigenvalue weighted by molar-refractivity contribution is 5.17. The summed E-state index contributed by atoms with van der Waals surface area (Å²) in [5.74, 6) is 0.464. The maximum absolute atomic E-state index is 13.4. The van der Waals surface area contributed by atoms with Crippen molar-refractivity contribution in [3.63, 3.8) is 0 Å². The summed E-state index contributed by atoms with van der Waals surface area (Å²) in [6, 6.07) is 7.07. The lowest BCUT2D eigenvalue weighted by Gasteiger charge is -2.15. The predicted molar refractivity (Wildman–Crippen MR) is 62.4 cm³/mol. The zero-order chi connectivity index (χ0) is 11.1. The summed E-state index contributed by atoms with van der Waals surface area (Å²) >= 11 is 0. The Bertz CT molecular complexity index is 280. The number of hydrogen-bond donors (Lipinski definition) is 1. The van der Waals surface area contributed by atoms with Crippen LogP contribution >= 0.6 is 0 Å². The monoisotopic (exact) mass is 209 g/mol. The van der Waals surface area contributed by atoms with Gasteiger partial charge in [0.25, 0.3) is 0 Å². The highest BCUT2D eigenvalue weighted by Gasteiger charge is 2.10. The van der Waals surface area contributed by atoms with Gasteiger partial charge in [0, 0.05) is 0 Å². The average Bonchev–Trinajstić information content (AvgIpc) is 2.22. The Kier molecular flexibility index (Phi) is 5.33.